The minimum absolute atomic E-state index is 0.250. The molecule has 0 bridgehead atoms. The largest absolute Gasteiger partial charge is 0.506 e. The van der Waals surface area contributed by atoms with Gasteiger partial charge in [0.2, 0.25) is 0 Å². The molecule has 1 aromatic carbocycles. The second-order valence-electron chi connectivity index (χ2n) is 4.98. The Hall–Kier alpha value is -3.03. The van der Waals surface area contributed by atoms with E-state index >= 15 is 0 Å². The second kappa shape index (κ2) is 5.99. The highest BCUT2D eigenvalue weighted by Crippen LogP contribution is 2.31. The minimum Gasteiger partial charge on any atom is -0.506 e. The first-order valence-electron chi connectivity index (χ1n) is 6.72. The first-order chi connectivity index (χ1) is 10.8. The number of hydrogen-bond donors (Lipinski definition) is 3. The maximum absolute atomic E-state index is 12.4. The van der Waals surface area contributed by atoms with Gasteiger partial charge in [0, 0.05) is 12.4 Å². The Balaban J connectivity index is 2.70. The summed E-state index contributed by atoms with van der Waals surface area (Å²) in [6.45, 7) is 1.26. The molecule has 122 valence electrons. The summed E-state index contributed by atoms with van der Waals surface area (Å²) in [5, 5.41) is 21.6. The van der Waals surface area contributed by atoms with Crippen LogP contribution < -0.4 is 15.6 Å². The molecule has 0 saturated carbocycles. The van der Waals surface area contributed by atoms with E-state index in [0.717, 1.165) is 0 Å². The number of aromatic nitrogens is 1. The number of carboxylic acid groups (broad SMARTS) is 1. The van der Waals surface area contributed by atoms with Gasteiger partial charge in [-0.2, -0.15) is 0 Å². The zero-order valence-corrected chi connectivity index (χ0v) is 12.8. The van der Waals surface area contributed by atoms with Crippen LogP contribution in [0.15, 0.2) is 23.0 Å². The second-order valence-corrected chi connectivity index (χ2v) is 4.98. The topological polar surface area (TPSA) is 118 Å². The maximum atomic E-state index is 12.4. The Morgan fingerprint density at radius 2 is 2.00 bits per heavy atom. The van der Waals surface area contributed by atoms with Gasteiger partial charge in [-0.3, -0.25) is 14.4 Å². The molecule has 3 N–H and O–H groups in total. The summed E-state index contributed by atoms with van der Waals surface area (Å²) in [7, 11) is 2.86. The summed E-state index contributed by atoms with van der Waals surface area (Å²) in [5.74, 6) is -2.36. The number of fused-ring (bicyclic) bond motifs is 1. The molecule has 1 atom stereocenters. The number of methoxy groups -OCH3 is 1. The van der Waals surface area contributed by atoms with Gasteiger partial charge in [-0.05, 0) is 19.1 Å². The van der Waals surface area contributed by atoms with Crippen molar-refractivity contribution >= 4 is 22.8 Å². The number of hydrogen-bond acceptors (Lipinski definition) is 5. The lowest BCUT2D eigenvalue weighted by Crippen LogP contribution is -2.41. The first kappa shape index (κ1) is 16.3. The predicted molar refractivity (Wildman–Crippen MR) is 82.0 cm³/mol. The zero-order valence-electron chi connectivity index (χ0n) is 12.8. The number of carbonyl (C=O) groups excluding carboxylic acids is 1. The molecule has 2 rings (SSSR count). The van der Waals surface area contributed by atoms with Crippen molar-refractivity contribution in [3.63, 3.8) is 0 Å². The van der Waals surface area contributed by atoms with E-state index in [9.17, 15) is 19.5 Å². The van der Waals surface area contributed by atoms with Gasteiger partial charge in [-0.15, -0.1) is 0 Å². The molecule has 1 heterocycles. The first-order valence-corrected chi connectivity index (χ1v) is 6.72. The van der Waals surface area contributed by atoms with Crippen molar-refractivity contribution in [3.8, 4) is 11.5 Å². The van der Waals surface area contributed by atoms with Crippen LogP contribution in [0.25, 0.3) is 10.9 Å². The molecule has 0 aliphatic carbocycles. The van der Waals surface area contributed by atoms with Crippen molar-refractivity contribution in [2.24, 2.45) is 7.05 Å². The van der Waals surface area contributed by atoms with Crippen LogP contribution in [0.2, 0.25) is 0 Å². The SMILES string of the molecule is COc1cccc2c(O)c(C(=O)NC(C)C(=O)O)c(=O)n(C)c12. The number of rotatable bonds is 4. The van der Waals surface area contributed by atoms with E-state index in [4.69, 9.17) is 9.84 Å². The number of ether oxygens (including phenoxy) is 1. The molecular weight excluding hydrogens is 304 g/mol. The van der Waals surface area contributed by atoms with E-state index in [1.165, 1.54) is 31.7 Å². The third kappa shape index (κ3) is 2.70. The Labute approximate surface area is 130 Å². The number of nitrogens with zero attached hydrogens (tertiary/aromatic N) is 1. The predicted octanol–water partition coefficient (Wildman–Crippen LogP) is 0.456. The van der Waals surface area contributed by atoms with Gasteiger partial charge in [0.25, 0.3) is 11.5 Å². The molecule has 0 radical (unpaired) electrons. The summed E-state index contributed by atoms with van der Waals surface area (Å²) in [4.78, 5) is 35.4. The normalized spacial score (nSPS) is 12.0. The molecule has 8 nitrogen and oxygen atoms in total. The Morgan fingerprint density at radius 1 is 1.35 bits per heavy atom. The molecule has 0 spiro atoms. The van der Waals surface area contributed by atoms with Crippen molar-refractivity contribution in [1.29, 1.82) is 0 Å². The maximum Gasteiger partial charge on any atom is 0.325 e. The summed E-state index contributed by atoms with van der Waals surface area (Å²) < 4.78 is 6.34. The number of aromatic hydroxyl groups is 1. The van der Waals surface area contributed by atoms with Gasteiger partial charge in [0.1, 0.15) is 23.1 Å². The number of carbonyl (C=O) groups is 2. The lowest BCUT2D eigenvalue weighted by atomic mass is 10.1. The van der Waals surface area contributed by atoms with Crippen LogP contribution in [0.3, 0.4) is 0 Å². The summed E-state index contributed by atoms with van der Waals surface area (Å²) >= 11 is 0. The number of pyridine rings is 1. The van der Waals surface area contributed by atoms with Gasteiger partial charge >= 0.3 is 5.97 Å². The van der Waals surface area contributed by atoms with Gasteiger partial charge in [-0.25, -0.2) is 0 Å². The third-order valence-electron chi connectivity index (χ3n) is 3.51. The number of benzene rings is 1. The quantitative estimate of drug-likeness (QED) is 0.753. The van der Waals surface area contributed by atoms with E-state index in [2.05, 4.69) is 5.32 Å². The fourth-order valence-electron chi connectivity index (χ4n) is 2.26. The summed E-state index contributed by atoms with van der Waals surface area (Å²) in [6.07, 6.45) is 0. The standard InChI is InChI=1S/C15H16N2O6/c1-7(15(21)22)16-13(19)10-12(18)8-5-4-6-9(23-3)11(8)17(2)14(10)20/h4-7,18H,1-3H3,(H,16,19)(H,21,22). The molecule has 0 aliphatic rings. The highest BCUT2D eigenvalue weighted by molar-refractivity contribution is 6.04. The smallest absolute Gasteiger partial charge is 0.325 e. The number of aryl methyl sites for hydroxylation is 1. The lowest BCUT2D eigenvalue weighted by Gasteiger charge is -2.15. The highest BCUT2D eigenvalue weighted by Gasteiger charge is 2.25. The summed E-state index contributed by atoms with van der Waals surface area (Å²) in [6, 6.07) is 3.55. The van der Waals surface area contributed by atoms with Crippen LogP contribution in [0.1, 0.15) is 17.3 Å². The molecule has 0 saturated heterocycles. The van der Waals surface area contributed by atoms with Crippen LogP contribution in [0.5, 0.6) is 11.5 Å². The van der Waals surface area contributed by atoms with E-state index in [1.54, 1.807) is 12.1 Å². The van der Waals surface area contributed by atoms with Crippen LogP contribution in [0.4, 0.5) is 0 Å². The van der Waals surface area contributed by atoms with Crippen molar-refractivity contribution in [2.75, 3.05) is 7.11 Å². The van der Waals surface area contributed by atoms with Crippen LogP contribution in [0, 0.1) is 0 Å². The minimum atomic E-state index is -1.25. The molecular formula is C15H16N2O6. The Morgan fingerprint density at radius 3 is 2.57 bits per heavy atom. The number of para-hydroxylation sites is 1. The van der Waals surface area contributed by atoms with E-state index < -0.39 is 34.8 Å². The van der Waals surface area contributed by atoms with Gasteiger partial charge in [0.05, 0.1) is 12.6 Å². The molecule has 1 aromatic heterocycles. The number of nitrogens with one attached hydrogen (secondary N) is 1. The molecule has 1 unspecified atom stereocenters. The van der Waals surface area contributed by atoms with Crippen LogP contribution in [-0.2, 0) is 11.8 Å². The van der Waals surface area contributed by atoms with Crippen molar-refractivity contribution in [3.05, 3.63) is 34.1 Å². The van der Waals surface area contributed by atoms with E-state index in [0.29, 0.717) is 11.3 Å². The van der Waals surface area contributed by atoms with E-state index in [-0.39, 0.29) is 5.39 Å². The number of aliphatic carboxylic acids is 1. The molecule has 0 fully saturated rings. The van der Waals surface area contributed by atoms with Crippen LogP contribution in [-0.4, -0.2) is 39.8 Å². The van der Waals surface area contributed by atoms with E-state index in [1.807, 2.05) is 0 Å². The van der Waals surface area contributed by atoms with Gasteiger partial charge in [0.15, 0.2) is 0 Å². The van der Waals surface area contributed by atoms with Crippen molar-refractivity contribution in [2.45, 2.75) is 13.0 Å². The van der Waals surface area contributed by atoms with Gasteiger partial charge < -0.3 is 24.8 Å². The van der Waals surface area contributed by atoms with Gasteiger partial charge in [-0.1, -0.05) is 6.07 Å². The fourth-order valence-corrected chi connectivity index (χ4v) is 2.26. The summed E-state index contributed by atoms with van der Waals surface area (Å²) in [5.41, 5.74) is -0.934. The monoisotopic (exact) mass is 320 g/mol. The average Bonchev–Trinajstić information content (AvgIpc) is 2.51. The van der Waals surface area contributed by atoms with Crippen molar-refractivity contribution in [1.82, 2.24) is 9.88 Å². The number of amides is 1. The molecule has 2 aromatic rings. The third-order valence-corrected chi connectivity index (χ3v) is 3.51. The highest BCUT2D eigenvalue weighted by atomic mass is 16.5. The number of carboxylic acids is 1. The van der Waals surface area contributed by atoms with Crippen molar-refractivity contribution < 1.29 is 24.5 Å². The Bertz CT molecular complexity index is 855. The lowest BCUT2D eigenvalue weighted by molar-refractivity contribution is -0.138. The molecule has 0 aliphatic heterocycles. The average molecular weight is 320 g/mol. The zero-order chi connectivity index (χ0) is 17.3. The fraction of sp³-hybridized carbons (Fsp3) is 0.267. The van der Waals surface area contributed by atoms with Crippen LogP contribution >= 0.6 is 0 Å². The molecule has 23 heavy (non-hydrogen) atoms. The molecule has 8 heteroatoms. The molecule has 1 amide bonds. The Kier molecular flexibility index (Phi) is 4.26.